The number of aromatic nitrogens is 2. The molecule has 3 heteroatoms. The van der Waals surface area contributed by atoms with E-state index in [0.29, 0.717) is 0 Å². The van der Waals surface area contributed by atoms with Gasteiger partial charge < -0.3 is 5.73 Å². The predicted molar refractivity (Wildman–Crippen MR) is 67.2 cm³/mol. The van der Waals surface area contributed by atoms with Gasteiger partial charge in [-0.05, 0) is 26.3 Å². The molecule has 0 unspecified atom stereocenters. The monoisotopic (exact) mass is 215 g/mol. The maximum Gasteiger partial charge on any atom is 0.115 e. The molecule has 16 heavy (non-hydrogen) atoms. The Hall–Kier alpha value is -1.77. The fourth-order valence-electron chi connectivity index (χ4n) is 1.89. The van der Waals surface area contributed by atoms with Gasteiger partial charge in [0.05, 0.1) is 5.69 Å². The van der Waals surface area contributed by atoms with Crippen LogP contribution < -0.4 is 5.73 Å². The van der Waals surface area contributed by atoms with E-state index in [1.54, 1.807) is 0 Å². The van der Waals surface area contributed by atoms with Crippen molar-refractivity contribution in [1.82, 2.24) is 9.78 Å². The van der Waals surface area contributed by atoms with E-state index >= 15 is 0 Å². The Balaban J connectivity index is 2.53. The van der Waals surface area contributed by atoms with Gasteiger partial charge in [-0.25, -0.2) is 0 Å². The van der Waals surface area contributed by atoms with Gasteiger partial charge in [0.1, 0.15) is 5.69 Å². The van der Waals surface area contributed by atoms with E-state index < -0.39 is 0 Å². The Bertz CT molecular complexity index is 512. The summed E-state index contributed by atoms with van der Waals surface area (Å²) in [6.07, 6.45) is 1.88. The molecule has 0 aliphatic heterocycles. The van der Waals surface area contributed by atoms with Gasteiger partial charge >= 0.3 is 0 Å². The van der Waals surface area contributed by atoms with Crippen molar-refractivity contribution in [3.63, 3.8) is 0 Å². The highest BCUT2D eigenvalue weighted by Gasteiger charge is 2.10. The van der Waals surface area contributed by atoms with Gasteiger partial charge in [-0.1, -0.05) is 23.8 Å². The summed E-state index contributed by atoms with van der Waals surface area (Å²) < 4.78 is 1.87. The molecular formula is C13H17N3. The van der Waals surface area contributed by atoms with Crippen LogP contribution in [0.15, 0.2) is 24.4 Å². The normalized spacial score (nSPS) is 10.7. The lowest BCUT2D eigenvalue weighted by atomic mass is 10.0. The molecule has 0 aliphatic carbocycles. The lowest BCUT2D eigenvalue weighted by Gasteiger charge is -2.04. The third kappa shape index (κ3) is 1.81. The second-order valence-electron chi connectivity index (χ2n) is 4.11. The summed E-state index contributed by atoms with van der Waals surface area (Å²) in [6, 6.07) is 6.33. The Morgan fingerprint density at radius 2 is 2.06 bits per heavy atom. The average molecular weight is 215 g/mol. The zero-order valence-corrected chi connectivity index (χ0v) is 9.99. The molecule has 3 nitrogen and oxygen atoms in total. The number of benzene rings is 1. The first-order chi connectivity index (χ1) is 7.61. The minimum Gasteiger partial charge on any atom is -0.396 e. The van der Waals surface area contributed by atoms with Crippen molar-refractivity contribution in [3.05, 3.63) is 35.5 Å². The number of nitrogens with zero attached hydrogens (tertiary/aromatic N) is 2. The molecule has 0 atom stereocenters. The number of rotatable bonds is 2. The second-order valence-corrected chi connectivity index (χ2v) is 4.11. The van der Waals surface area contributed by atoms with Crippen LogP contribution in [-0.2, 0) is 6.54 Å². The van der Waals surface area contributed by atoms with E-state index in [1.807, 2.05) is 10.9 Å². The molecule has 0 bridgehead atoms. The highest BCUT2D eigenvalue weighted by Crippen LogP contribution is 2.27. The molecule has 2 aromatic rings. The summed E-state index contributed by atoms with van der Waals surface area (Å²) >= 11 is 0. The summed E-state index contributed by atoms with van der Waals surface area (Å²) in [4.78, 5) is 0. The van der Waals surface area contributed by atoms with E-state index in [2.05, 4.69) is 44.1 Å². The van der Waals surface area contributed by atoms with Crippen LogP contribution >= 0.6 is 0 Å². The number of hydrogen-bond donors (Lipinski definition) is 1. The van der Waals surface area contributed by atoms with Crippen molar-refractivity contribution in [2.75, 3.05) is 5.73 Å². The molecule has 84 valence electrons. The van der Waals surface area contributed by atoms with Gasteiger partial charge in [0.15, 0.2) is 0 Å². The van der Waals surface area contributed by atoms with Gasteiger partial charge in [0.2, 0.25) is 0 Å². The minimum atomic E-state index is 0.744. The van der Waals surface area contributed by atoms with Crippen molar-refractivity contribution in [1.29, 1.82) is 0 Å². The second kappa shape index (κ2) is 4.00. The largest absolute Gasteiger partial charge is 0.396 e. The van der Waals surface area contributed by atoms with Crippen LogP contribution in [0.1, 0.15) is 18.1 Å². The fraction of sp³-hybridized carbons (Fsp3) is 0.308. The summed E-state index contributed by atoms with van der Waals surface area (Å²) in [5.41, 5.74) is 11.2. The van der Waals surface area contributed by atoms with Crippen molar-refractivity contribution in [2.24, 2.45) is 0 Å². The molecule has 0 saturated heterocycles. The minimum absolute atomic E-state index is 0.744. The van der Waals surface area contributed by atoms with E-state index in [-0.39, 0.29) is 0 Å². The zero-order valence-electron chi connectivity index (χ0n) is 9.99. The van der Waals surface area contributed by atoms with Crippen LogP contribution in [0.25, 0.3) is 11.3 Å². The highest BCUT2D eigenvalue weighted by atomic mass is 15.3. The van der Waals surface area contributed by atoms with Gasteiger partial charge in [-0.3, -0.25) is 4.68 Å². The summed E-state index contributed by atoms with van der Waals surface area (Å²) in [5, 5.41) is 4.48. The smallest absolute Gasteiger partial charge is 0.115 e. The number of nitrogen functional groups attached to an aromatic ring is 1. The fourth-order valence-corrected chi connectivity index (χ4v) is 1.89. The molecule has 0 saturated carbocycles. The molecule has 2 rings (SSSR count). The third-order valence-corrected chi connectivity index (χ3v) is 2.75. The third-order valence-electron chi connectivity index (χ3n) is 2.75. The Labute approximate surface area is 95.9 Å². The van der Waals surface area contributed by atoms with Gasteiger partial charge in [0.25, 0.3) is 0 Å². The van der Waals surface area contributed by atoms with Crippen LogP contribution in [0.5, 0.6) is 0 Å². The van der Waals surface area contributed by atoms with Gasteiger partial charge in [-0.15, -0.1) is 0 Å². The molecule has 0 aliphatic rings. The number of aryl methyl sites for hydroxylation is 3. The zero-order chi connectivity index (χ0) is 11.7. The molecule has 2 N–H and O–H groups in total. The molecule has 1 heterocycles. The molecule has 0 radical (unpaired) electrons. The molecular weight excluding hydrogens is 198 g/mol. The lowest BCUT2D eigenvalue weighted by molar-refractivity contribution is 0.662. The first-order valence-electron chi connectivity index (χ1n) is 5.52. The SMILES string of the molecule is CCn1cc(N)c(-c2ccc(C)cc2C)n1. The molecule has 1 aromatic carbocycles. The lowest BCUT2D eigenvalue weighted by Crippen LogP contribution is -1.94. The maximum atomic E-state index is 5.97. The van der Waals surface area contributed by atoms with Crippen LogP contribution in [-0.4, -0.2) is 9.78 Å². The van der Waals surface area contributed by atoms with Gasteiger partial charge in [0, 0.05) is 18.3 Å². The maximum absolute atomic E-state index is 5.97. The summed E-state index contributed by atoms with van der Waals surface area (Å²) in [6.45, 7) is 7.07. The first-order valence-corrected chi connectivity index (χ1v) is 5.52. The number of nitrogens with two attached hydrogens (primary N) is 1. The van der Waals surface area contributed by atoms with E-state index in [0.717, 1.165) is 23.5 Å². The topological polar surface area (TPSA) is 43.8 Å². The number of hydrogen-bond acceptors (Lipinski definition) is 2. The standard InChI is InChI=1S/C13H17N3/c1-4-16-8-12(14)13(15-16)11-6-5-9(2)7-10(11)3/h5-8H,4,14H2,1-3H3. The van der Waals surface area contributed by atoms with Crippen LogP contribution in [0, 0.1) is 13.8 Å². The quantitative estimate of drug-likeness (QED) is 0.837. The van der Waals surface area contributed by atoms with Crippen LogP contribution in [0.4, 0.5) is 5.69 Å². The van der Waals surface area contributed by atoms with E-state index in [9.17, 15) is 0 Å². The Morgan fingerprint density at radius 1 is 1.31 bits per heavy atom. The average Bonchev–Trinajstić information content (AvgIpc) is 2.60. The molecule has 1 aromatic heterocycles. The van der Waals surface area contributed by atoms with E-state index in [4.69, 9.17) is 5.73 Å². The Morgan fingerprint density at radius 3 is 2.62 bits per heavy atom. The van der Waals surface area contributed by atoms with E-state index in [1.165, 1.54) is 11.1 Å². The van der Waals surface area contributed by atoms with Crippen molar-refractivity contribution in [2.45, 2.75) is 27.3 Å². The highest BCUT2D eigenvalue weighted by molar-refractivity contribution is 5.74. The number of anilines is 1. The Kier molecular flexibility index (Phi) is 2.69. The molecule has 0 amide bonds. The summed E-state index contributed by atoms with van der Waals surface area (Å²) in [5.74, 6) is 0. The van der Waals surface area contributed by atoms with Gasteiger partial charge in [-0.2, -0.15) is 5.10 Å². The van der Waals surface area contributed by atoms with Crippen molar-refractivity contribution >= 4 is 5.69 Å². The molecule has 0 fully saturated rings. The molecule has 0 spiro atoms. The predicted octanol–water partition coefficient (Wildman–Crippen LogP) is 2.77. The first kappa shape index (κ1) is 10.7. The van der Waals surface area contributed by atoms with Crippen LogP contribution in [0.3, 0.4) is 0 Å². The van der Waals surface area contributed by atoms with Crippen LogP contribution in [0.2, 0.25) is 0 Å². The van der Waals surface area contributed by atoms with Crippen molar-refractivity contribution < 1.29 is 0 Å². The van der Waals surface area contributed by atoms with Crippen molar-refractivity contribution in [3.8, 4) is 11.3 Å². The summed E-state index contributed by atoms with van der Waals surface area (Å²) in [7, 11) is 0.